The van der Waals surface area contributed by atoms with Crippen LogP contribution >= 0.6 is 0 Å². The molecule has 128 valence electrons. The number of amides is 1. The van der Waals surface area contributed by atoms with Gasteiger partial charge in [0.1, 0.15) is 0 Å². The number of rotatable bonds is 8. The van der Waals surface area contributed by atoms with Gasteiger partial charge in [0, 0.05) is 26.1 Å². The van der Waals surface area contributed by atoms with Gasteiger partial charge in [0.25, 0.3) is 0 Å². The summed E-state index contributed by atoms with van der Waals surface area (Å²) in [6, 6.07) is 0. The molecule has 2 saturated heterocycles. The number of piperidine rings is 1. The molecule has 0 aromatic carbocycles. The standard InChI is InChI=1S/C17H34N4O/c1-20(2)11-12-21-9-6-16(7-10-21)14-19-17(22)4-3-15-5-8-18-13-15/h15-16,18H,3-14H2,1-2H3,(H,19,22). The van der Waals surface area contributed by atoms with Gasteiger partial charge in [-0.05, 0) is 77.8 Å². The van der Waals surface area contributed by atoms with E-state index >= 15 is 0 Å². The van der Waals surface area contributed by atoms with E-state index in [1.165, 1.54) is 38.9 Å². The molecule has 5 heteroatoms. The number of hydrogen-bond donors (Lipinski definition) is 2. The van der Waals surface area contributed by atoms with Gasteiger partial charge in [-0.3, -0.25) is 4.79 Å². The van der Waals surface area contributed by atoms with E-state index in [0.29, 0.717) is 18.3 Å². The molecule has 0 bridgehead atoms. The topological polar surface area (TPSA) is 47.6 Å². The van der Waals surface area contributed by atoms with Gasteiger partial charge in [-0.1, -0.05) is 0 Å². The third-order valence-corrected chi connectivity index (χ3v) is 5.10. The van der Waals surface area contributed by atoms with Crippen LogP contribution in [0.2, 0.25) is 0 Å². The molecule has 0 aliphatic carbocycles. The lowest BCUT2D eigenvalue weighted by Gasteiger charge is -2.32. The van der Waals surface area contributed by atoms with E-state index in [2.05, 4.69) is 34.5 Å². The average molecular weight is 310 g/mol. The first kappa shape index (κ1) is 17.7. The van der Waals surface area contributed by atoms with Crippen molar-refractivity contribution >= 4 is 5.91 Å². The van der Waals surface area contributed by atoms with Gasteiger partial charge in [-0.15, -0.1) is 0 Å². The van der Waals surface area contributed by atoms with E-state index in [1.807, 2.05) is 0 Å². The van der Waals surface area contributed by atoms with Crippen molar-refractivity contribution in [3.8, 4) is 0 Å². The van der Waals surface area contributed by atoms with Crippen LogP contribution < -0.4 is 10.6 Å². The van der Waals surface area contributed by atoms with Gasteiger partial charge in [0.05, 0.1) is 0 Å². The summed E-state index contributed by atoms with van der Waals surface area (Å²) < 4.78 is 0. The van der Waals surface area contributed by atoms with Gasteiger partial charge >= 0.3 is 0 Å². The normalized spacial score (nSPS) is 24.0. The van der Waals surface area contributed by atoms with Crippen LogP contribution in [0.4, 0.5) is 0 Å². The Bertz CT molecular complexity index is 321. The van der Waals surface area contributed by atoms with E-state index in [0.717, 1.165) is 32.6 Å². The fourth-order valence-corrected chi connectivity index (χ4v) is 3.40. The summed E-state index contributed by atoms with van der Waals surface area (Å²) in [6.45, 7) is 7.77. The lowest BCUT2D eigenvalue weighted by Crippen LogP contribution is -2.41. The number of hydrogen-bond acceptors (Lipinski definition) is 4. The molecule has 2 N–H and O–H groups in total. The molecule has 0 radical (unpaired) electrons. The van der Waals surface area contributed by atoms with Crippen molar-refractivity contribution < 1.29 is 4.79 Å². The Hall–Kier alpha value is -0.650. The molecule has 22 heavy (non-hydrogen) atoms. The van der Waals surface area contributed by atoms with Crippen molar-refractivity contribution in [1.29, 1.82) is 0 Å². The lowest BCUT2D eigenvalue weighted by molar-refractivity contribution is -0.121. The maximum atomic E-state index is 11.9. The molecule has 2 aliphatic rings. The number of carbonyl (C=O) groups is 1. The summed E-state index contributed by atoms with van der Waals surface area (Å²) in [6.07, 6.45) is 5.43. The average Bonchev–Trinajstić information content (AvgIpc) is 3.03. The minimum atomic E-state index is 0.252. The van der Waals surface area contributed by atoms with Crippen LogP contribution in [0.5, 0.6) is 0 Å². The van der Waals surface area contributed by atoms with Gasteiger partial charge in [-0.25, -0.2) is 0 Å². The minimum Gasteiger partial charge on any atom is -0.356 e. The van der Waals surface area contributed by atoms with Crippen molar-refractivity contribution in [3.63, 3.8) is 0 Å². The molecule has 0 aromatic heterocycles. The Balaban J connectivity index is 1.51. The van der Waals surface area contributed by atoms with E-state index in [-0.39, 0.29) is 5.91 Å². The smallest absolute Gasteiger partial charge is 0.220 e. The van der Waals surface area contributed by atoms with Crippen LogP contribution in [-0.4, -0.2) is 75.6 Å². The second-order valence-electron chi connectivity index (χ2n) is 7.29. The molecule has 1 amide bonds. The fraction of sp³-hybridized carbons (Fsp3) is 0.941. The number of carbonyl (C=O) groups excluding carboxylic acids is 1. The number of nitrogens with one attached hydrogen (secondary N) is 2. The first-order valence-corrected chi connectivity index (χ1v) is 8.98. The van der Waals surface area contributed by atoms with Gasteiger partial charge < -0.3 is 20.4 Å². The highest BCUT2D eigenvalue weighted by Crippen LogP contribution is 2.17. The molecule has 1 unspecified atom stereocenters. The van der Waals surface area contributed by atoms with Crippen molar-refractivity contribution in [2.24, 2.45) is 11.8 Å². The molecule has 0 aromatic rings. The molecular formula is C17H34N4O. The molecule has 2 heterocycles. The van der Waals surface area contributed by atoms with Crippen molar-refractivity contribution in [1.82, 2.24) is 20.4 Å². The SMILES string of the molecule is CN(C)CCN1CCC(CNC(=O)CCC2CCNC2)CC1. The number of likely N-dealkylation sites (tertiary alicyclic amines) is 1. The van der Waals surface area contributed by atoms with Crippen molar-refractivity contribution in [2.45, 2.75) is 32.1 Å². The van der Waals surface area contributed by atoms with E-state index < -0.39 is 0 Å². The highest BCUT2D eigenvalue weighted by atomic mass is 16.1. The maximum absolute atomic E-state index is 11.9. The molecule has 1 atom stereocenters. The van der Waals surface area contributed by atoms with Crippen LogP contribution in [0.3, 0.4) is 0 Å². The predicted molar refractivity (Wildman–Crippen MR) is 90.9 cm³/mol. The first-order valence-electron chi connectivity index (χ1n) is 8.98. The molecular weight excluding hydrogens is 276 g/mol. The zero-order chi connectivity index (χ0) is 15.8. The Morgan fingerprint density at radius 1 is 1.23 bits per heavy atom. The van der Waals surface area contributed by atoms with Crippen LogP contribution in [-0.2, 0) is 4.79 Å². The molecule has 0 saturated carbocycles. The van der Waals surface area contributed by atoms with Gasteiger partial charge in [-0.2, -0.15) is 0 Å². The van der Waals surface area contributed by atoms with Crippen LogP contribution in [0, 0.1) is 11.8 Å². The monoisotopic (exact) mass is 310 g/mol. The van der Waals surface area contributed by atoms with Gasteiger partial charge in [0.2, 0.25) is 5.91 Å². The second kappa shape index (κ2) is 9.48. The summed E-state index contributed by atoms with van der Waals surface area (Å²) in [5, 5.41) is 6.52. The lowest BCUT2D eigenvalue weighted by atomic mass is 9.96. The molecule has 5 nitrogen and oxygen atoms in total. The van der Waals surface area contributed by atoms with E-state index in [1.54, 1.807) is 0 Å². The number of nitrogens with zero attached hydrogens (tertiary/aromatic N) is 2. The van der Waals surface area contributed by atoms with Crippen molar-refractivity contribution in [3.05, 3.63) is 0 Å². The second-order valence-corrected chi connectivity index (χ2v) is 7.29. The first-order chi connectivity index (χ1) is 10.6. The molecule has 2 rings (SSSR count). The summed E-state index contributed by atoms with van der Waals surface area (Å²) in [4.78, 5) is 16.7. The Morgan fingerprint density at radius 2 is 2.00 bits per heavy atom. The third-order valence-electron chi connectivity index (χ3n) is 5.10. The fourth-order valence-electron chi connectivity index (χ4n) is 3.40. The Kier molecular flexibility index (Phi) is 7.63. The highest BCUT2D eigenvalue weighted by Gasteiger charge is 2.20. The van der Waals surface area contributed by atoms with Gasteiger partial charge in [0.15, 0.2) is 0 Å². The molecule has 2 aliphatic heterocycles. The Morgan fingerprint density at radius 3 is 2.64 bits per heavy atom. The van der Waals surface area contributed by atoms with E-state index in [9.17, 15) is 4.79 Å². The van der Waals surface area contributed by atoms with Crippen LogP contribution in [0.15, 0.2) is 0 Å². The molecule has 0 spiro atoms. The van der Waals surface area contributed by atoms with E-state index in [4.69, 9.17) is 0 Å². The summed E-state index contributed by atoms with van der Waals surface area (Å²) in [5.41, 5.74) is 0. The Labute approximate surface area is 135 Å². The summed E-state index contributed by atoms with van der Waals surface area (Å²) in [5.74, 6) is 1.64. The molecule has 2 fully saturated rings. The minimum absolute atomic E-state index is 0.252. The third kappa shape index (κ3) is 6.63. The predicted octanol–water partition coefficient (Wildman–Crippen LogP) is 0.766. The van der Waals surface area contributed by atoms with Crippen molar-refractivity contribution in [2.75, 3.05) is 59.9 Å². The highest BCUT2D eigenvalue weighted by molar-refractivity contribution is 5.75. The largest absolute Gasteiger partial charge is 0.356 e. The van der Waals surface area contributed by atoms with Crippen LogP contribution in [0.25, 0.3) is 0 Å². The zero-order valence-electron chi connectivity index (χ0n) is 14.4. The quantitative estimate of drug-likeness (QED) is 0.695. The zero-order valence-corrected chi connectivity index (χ0v) is 14.4. The van der Waals surface area contributed by atoms with Crippen LogP contribution in [0.1, 0.15) is 32.1 Å². The summed E-state index contributed by atoms with van der Waals surface area (Å²) in [7, 11) is 4.26. The maximum Gasteiger partial charge on any atom is 0.220 e. The number of likely N-dealkylation sites (N-methyl/N-ethyl adjacent to an activating group) is 1. The summed E-state index contributed by atoms with van der Waals surface area (Å²) >= 11 is 0.